The molecule has 1 aliphatic heterocycles. The number of carbonyl (C=O) groups is 2. The molecule has 2 rings (SSSR count). The highest BCUT2D eigenvalue weighted by Crippen LogP contribution is 2.16. The minimum Gasteiger partial charge on any atom is -0.346 e. The Bertz CT molecular complexity index is 513. The molecule has 6 heteroatoms. The fourth-order valence-electron chi connectivity index (χ4n) is 2.46. The van der Waals surface area contributed by atoms with Crippen LogP contribution in [0.1, 0.15) is 41.6 Å². The zero-order valence-electron chi connectivity index (χ0n) is 12.3. The van der Waals surface area contributed by atoms with Crippen molar-refractivity contribution in [1.82, 2.24) is 14.8 Å². The molecule has 1 aliphatic rings. The zero-order chi connectivity index (χ0) is 14.2. The van der Waals surface area contributed by atoms with E-state index in [2.05, 4.69) is 12.2 Å². The Morgan fingerprint density at radius 2 is 2.00 bits per heavy atom. The molecule has 2 heterocycles. The summed E-state index contributed by atoms with van der Waals surface area (Å²) < 4.78 is 1.73. The number of nitrogens with one attached hydrogen (secondary N) is 1. The number of Topliss-reactive ketones (excluding diaryl/α,β-unsaturated/α-hetero) is 1. The summed E-state index contributed by atoms with van der Waals surface area (Å²) in [6.45, 7) is 7.14. The molecule has 0 radical (unpaired) electrons. The number of carbonyl (C=O) groups excluding carboxylic acids is 2. The van der Waals surface area contributed by atoms with Crippen LogP contribution < -0.4 is 5.32 Å². The lowest BCUT2D eigenvalue weighted by Gasteiger charge is -2.38. The van der Waals surface area contributed by atoms with Gasteiger partial charge in [-0.2, -0.15) is 0 Å². The highest BCUT2D eigenvalue weighted by Gasteiger charge is 2.30. The van der Waals surface area contributed by atoms with Crippen molar-refractivity contribution in [3.63, 3.8) is 0 Å². The summed E-state index contributed by atoms with van der Waals surface area (Å²) in [6.07, 6.45) is 1.71. The van der Waals surface area contributed by atoms with Gasteiger partial charge in [0.15, 0.2) is 5.78 Å². The second-order valence-electron chi connectivity index (χ2n) is 5.26. The van der Waals surface area contributed by atoms with E-state index in [1.165, 1.54) is 6.92 Å². The van der Waals surface area contributed by atoms with E-state index in [1.54, 1.807) is 23.9 Å². The zero-order valence-corrected chi connectivity index (χ0v) is 13.2. The van der Waals surface area contributed by atoms with Crippen LogP contribution in [-0.2, 0) is 7.05 Å². The number of hydrogen-bond donors (Lipinski definition) is 1. The third kappa shape index (κ3) is 3.04. The van der Waals surface area contributed by atoms with Crippen LogP contribution in [0.3, 0.4) is 0 Å². The Kier molecular flexibility index (Phi) is 5.36. The molecular weight excluding hydrogens is 278 g/mol. The molecule has 0 bridgehead atoms. The van der Waals surface area contributed by atoms with Crippen molar-refractivity contribution < 1.29 is 9.59 Å². The second kappa shape index (κ2) is 6.41. The maximum absolute atomic E-state index is 12.6. The van der Waals surface area contributed by atoms with Gasteiger partial charge in [-0.05, 0) is 26.8 Å². The predicted octanol–water partition coefficient (Wildman–Crippen LogP) is 1.47. The first-order chi connectivity index (χ1) is 8.91. The van der Waals surface area contributed by atoms with Crippen LogP contribution in [-0.4, -0.2) is 46.3 Å². The minimum atomic E-state index is -0.0172. The number of ketones is 1. The summed E-state index contributed by atoms with van der Waals surface area (Å²) >= 11 is 0. The van der Waals surface area contributed by atoms with Gasteiger partial charge in [-0.25, -0.2) is 0 Å². The summed E-state index contributed by atoms with van der Waals surface area (Å²) in [4.78, 5) is 25.8. The van der Waals surface area contributed by atoms with Crippen LogP contribution in [0.2, 0.25) is 0 Å². The summed E-state index contributed by atoms with van der Waals surface area (Å²) in [5, 5.41) is 3.35. The largest absolute Gasteiger partial charge is 0.346 e. The molecule has 0 aromatic carbocycles. The van der Waals surface area contributed by atoms with Crippen molar-refractivity contribution in [3.8, 4) is 0 Å². The summed E-state index contributed by atoms with van der Waals surface area (Å²) in [6, 6.07) is 2.12. The average molecular weight is 300 g/mol. The Morgan fingerprint density at radius 3 is 2.55 bits per heavy atom. The lowest BCUT2D eigenvalue weighted by atomic mass is 10.1. The molecule has 0 spiro atoms. The number of halogens is 1. The molecular formula is C14H22ClN3O2. The van der Waals surface area contributed by atoms with E-state index in [0.717, 1.165) is 6.54 Å². The Balaban J connectivity index is 0.00000200. The van der Waals surface area contributed by atoms with Crippen LogP contribution in [0.4, 0.5) is 0 Å². The van der Waals surface area contributed by atoms with Crippen molar-refractivity contribution in [2.24, 2.45) is 7.05 Å². The van der Waals surface area contributed by atoms with E-state index in [-0.39, 0.29) is 36.2 Å². The fraction of sp³-hybridized carbons (Fsp3) is 0.571. The maximum atomic E-state index is 12.6. The van der Waals surface area contributed by atoms with Crippen LogP contribution >= 0.6 is 12.4 Å². The molecule has 0 aliphatic carbocycles. The van der Waals surface area contributed by atoms with Crippen LogP contribution in [0, 0.1) is 0 Å². The standard InChI is InChI=1S/C14H21N3O2.ClH/c1-9-10(2)17(6-5-15-9)14(19)13-7-12(11(3)18)8-16(13)4;/h7-10,15H,5-6H2,1-4H3;1H. The smallest absolute Gasteiger partial charge is 0.270 e. The van der Waals surface area contributed by atoms with Gasteiger partial charge in [-0.1, -0.05) is 0 Å². The van der Waals surface area contributed by atoms with Gasteiger partial charge in [-0.3, -0.25) is 9.59 Å². The molecule has 1 saturated heterocycles. The van der Waals surface area contributed by atoms with Gasteiger partial charge >= 0.3 is 0 Å². The monoisotopic (exact) mass is 299 g/mol. The van der Waals surface area contributed by atoms with Crippen molar-refractivity contribution in [2.75, 3.05) is 13.1 Å². The topological polar surface area (TPSA) is 54.3 Å². The third-order valence-electron chi connectivity index (χ3n) is 3.93. The van der Waals surface area contributed by atoms with E-state index < -0.39 is 0 Å². The molecule has 2 unspecified atom stereocenters. The molecule has 1 aromatic heterocycles. The number of aryl methyl sites for hydroxylation is 1. The van der Waals surface area contributed by atoms with Gasteiger partial charge in [0.05, 0.1) is 0 Å². The average Bonchev–Trinajstić information content (AvgIpc) is 2.74. The summed E-state index contributed by atoms with van der Waals surface area (Å²) in [5.74, 6) is -0.0211. The molecule has 5 nitrogen and oxygen atoms in total. The number of piperazine rings is 1. The van der Waals surface area contributed by atoms with E-state index in [0.29, 0.717) is 17.8 Å². The van der Waals surface area contributed by atoms with Gasteiger partial charge in [0.1, 0.15) is 5.69 Å². The predicted molar refractivity (Wildman–Crippen MR) is 80.6 cm³/mol. The summed E-state index contributed by atoms with van der Waals surface area (Å²) in [7, 11) is 1.80. The van der Waals surface area contributed by atoms with Crippen molar-refractivity contribution in [2.45, 2.75) is 32.9 Å². The highest BCUT2D eigenvalue weighted by molar-refractivity contribution is 5.99. The normalized spacial score (nSPS) is 22.3. The fourth-order valence-corrected chi connectivity index (χ4v) is 2.46. The SMILES string of the molecule is CC(=O)c1cc(C(=O)N2CCNC(C)C2C)n(C)c1.Cl. The minimum absolute atomic E-state index is 0. The van der Waals surface area contributed by atoms with Gasteiger partial charge in [0.2, 0.25) is 0 Å². The molecule has 1 fully saturated rings. The number of aromatic nitrogens is 1. The Morgan fingerprint density at radius 1 is 1.35 bits per heavy atom. The molecule has 1 N–H and O–H groups in total. The molecule has 20 heavy (non-hydrogen) atoms. The van der Waals surface area contributed by atoms with E-state index in [1.807, 2.05) is 11.8 Å². The van der Waals surface area contributed by atoms with Crippen molar-refractivity contribution >= 4 is 24.1 Å². The van der Waals surface area contributed by atoms with Crippen molar-refractivity contribution in [1.29, 1.82) is 0 Å². The second-order valence-corrected chi connectivity index (χ2v) is 5.26. The first kappa shape index (κ1) is 16.7. The molecule has 112 valence electrons. The van der Waals surface area contributed by atoms with E-state index in [4.69, 9.17) is 0 Å². The van der Waals surface area contributed by atoms with E-state index in [9.17, 15) is 9.59 Å². The van der Waals surface area contributed by atoms with Gasteiger partial charge in [0, 0.05) is 44.0 Å². The molecule has 1 aromatic rings. The van der Waals surface area contributed by atoms with Crippen LogP contribution in [0.5, 0.6) is 0 Å². The lowest BCUT2D eigenvalue weighted by molar-refractivity contribution is 0.0593. The number of amides is 1. The first-order valence-electron chi connectivity index (χ1n) is 6.63. The number of nitrogens with zero attached hydrogens (tertiary/aromatic N) is 2. The Hall–Kier alpha value is -1.33. The highest BCUT2D eigenvalue weighted by atomic mass is 35.5. The molecule has 1 amide bonds. The number of hydrogen-bond acceptors (Lipinski definition) is 3. The van der Waals surface area contributed by atoms with Gasteiger partial charge in [0.25, 0.3) is 5.91 Å². The third-order valence-corrected chi connectivity index (χ3v) is 3.93. The van der Waals surface area contributed by atoms with Crippen LogP contribution in [0.15, 0.2) is 12.3 Å². The molecule has 0 saturated carbocycles. The molecule has 2 atom stereocenters. The maximum Gasteiger partial charge on any atom is 0.270 e. The van der Waals surface area contributed by atoms with Crippen molar-refractivity contribution in [3.05, 3.63) is 23.5 Å². The lowest BCUT2D eigenvalue weighted by Crippen LogP contribution is -2.57. The first-order valence-corrected chi connectivity index (χ1v) is 6.63. The van der Waals surface area contributed by atoms with Gasteiger partial charge < -0.3 is 14.8 Å². The summed E-state index contributed by atoms with van der Waals surface area (Å²) in [5.41, 5.74) is 1.16. The van der Waals surface area contributed by atoms with E-state index >= 15 is 0 Å². The number of rotatable bonds is 2. The van der Waals surface area contributed by atoms with Crippen LogP contribution in [0.25, 0.3) is 0 Å². The Labute approximate surface area is 125 Å². The quantitative estimate of drug-likeness (QED) is 0.842. The van der Waals surface area contributed by atoms with Gasteiger partial charge in [-0.15, -0.1) is 12.4 Å².